The normalized spacial score (nSPS) is 18.9. The number of carbonyl (C=O) groups excluding carboxylic acids is 1. The number of esters is 1. The zero-order valence-corrected chi connectivity index (χ0v) is 17.3. The molecule has 0 radical (unpaired) electrons. The number of hydrogen-bond acceptors (Lipinski definition) is 8. The Kier molecular flexibility index (Phi) is 13.2. The van der Waals surface area contributed by atoms with Crippen molar-refractivity contribution in [2.75, 3.05) is 19.8 Å². The van der Waals surface area contributed by atoms with Crippen LogP contribution in [0.2, 0.25) is 0 Å². The SMILES string of the molecule is CCCCCCCCCCC=COCC(O)COC1=C(O)C(=O)O[C@@H]1[C@@H](O)CO. The Morgan fingerprint density at radius 2 is 1.72 bits per heavy atom. The fraction of sp³-hybridized carbons (Fsp3) is 0.762. The molecule has 1 heterocycles. The molecule has 1 unspecified atom stereocenters. The van der Waals surface area contributed by atoms with E-state index in [0.29, 0.717) is 0 Å². The molecule has 0 saturated heterocycles. The van der Waals surface area contributed by atoms with Gasteiger partial charge in [-0.25, -0.2) is 4.79 Å². The number of allylic oxidation sites excluding steroid dienone is 1. The van der Waals surface area contributed by atoms with Crippen molar-refractivity contribution < 1.29 is 39.4 Å². The van der Waals surface area contributed by atoms with Gasteiger partial charge in [-0.2, -0.15) is 0 Å². The van der Waals surface area contributed by atoms with Gasteiger partial charge < -0.3 is 34.6 Å². The van der Waals surface area contributed by atoms with E-state index in [2.05, 4.69) is 6.92 Å². The van der Waals surface area contributed by atoms with Gasteiger partial charge in [-0.3, -0.25) is 0 Å². The van der Waals surface area contributed by atoms with Crippen molar-refractivity contribution in [3.8, 4) is 0 Å². The molecule has 0 amide bonds. The molecule has 1 rings (SSSR count). The van der Waals surface area contributed by atoms with Crippen LogP contribution < -0.4 is 0 Å². The lowest BCUT2D eigenvalue weighted by Gasteiger charge is -2.19. The number of aliphatic hydroxyl groups excluding tert-OH is 4. The second kappa shape index (κ2) is 15.1. The minimum absolute atomic E-state index is 0.0238. The third kappa shape index (κ3) is 10.0. The average Bonchev–Trinajstić information content (AvgIpc) is 3.00. The molecule has 8 heteroatoms. The van der Waals surface area contributed by atoms with Crippen LogP contribution in [0.4, 0.5) is 0 Å². The maximum absolute atomic E-state index is 11.4. The molecule has 29 heavy (non-hydrogen) atoms. The van der Waals surface area contributed by atoms with E-state index in [-0.39, 0.29) is 19.0 Å². The highest BCUT2D eigenvalue weighted by Gasteiger charge is 2.40. The Hall–Kier alpha value is -1.77. The van der Waals surface area contributed by atoms with Crippen LogP contribution in [0, 0.1) is 0 Å². The van der Waals surface area contributed by atoms with Crippen LogP contribution >= 0.6 is 0 Å². The Morgan fingerprint density at radius 1 is 1.07 bits per heavy atom. The first-order valence-electron chi connectivity index (χ1n) is 10.5. The van der Waals surface area contributed by atoms with Gasteiger partial charge in [0.05, 0.1) is 12.9 Å². The van der Waals surface area contributed by atoms with E-state index in [9.17, 15) is 20.1 Å². The highest BCUT2D eigenvalue weighted by atomic mass is 16.6. The van der Waals surface area contributed by atoms with Crippen LogP contribution in [0.1, 0.15) is 64.7 Å². The first-order chi connectivity index (χ1) is 14.0. The standard InChI is InChI=1S/C21H36O8/c1-2-3-4-5-6-7-8-9-10-11-12-27-14-16(23)15-28-20-18(25)21(26)29-19(20)17(24)13-22/h11-12,16-17,19,22-25H,2-10,13-15H2,1H3/t16?,17-,19+/m0/s1. The van der Waals surface area contributed by atoms with Gasteiger partial charge in [0.1, 0.15) is 25.4 Å². The van der Waals surface area contributed by atoms with Gasteiger partial charge >= 0.3 is 5.97 Å². The summed E-state index contributed by atoms with van der Waals surface area (Å²) in [5.74, 6) is -2.13. The van der Waals surface area contributed by atoms with Crippen LogP contribution in [0.5, 0.6) is 0 Å². The third-order valence-corrected chi connectivity index (χ3v) is 4.59. The minimum Gasteiger partial charge on any atom is -0.499 e. The number of unbranched alkanes of at least 4 members (excludes halogenated alkanes) is 8. The summed E-state index contributed by atoms with van der Waals surface area (Å²) in [7, 11) is 0. The summed E-state index contributed by atoms with van der Waals surface area (Å²) in [5.41, 5.74) is 0. The first-order valence-corrected chi connectivity index (χ1v) is 10.5. The molecule has 0 bridgehead atoms. The van der Waals surface area contributed by atoms with Gasteiger partial charge in [0.15, 0.2) is 11.9 Å². The molecule has 0 aromatic carbocycles. The topological polar surface area (TPSA) is 126 Å². The second-order valence-electron chi connectivity index (χ2n) is 7.22. The maximum atomic E-state index is 11.4. The lowest BCUT2D eigenvalue weighted by atomic mass is 10.1. The van der Waals surface area contributed by atoms with Crippen LogP contribution in [0.3, 0.4) is 0 Å². The fourth-order valence-corrected chi connectivity index (χ4v) is 2.89. The highest BCUT2D eigenvalue weighted by molar-refractivity contribution is 5.89. The predicted octanol–water partition coefficient (Wildman–Crippen LogP) is 2.47. The molecule has 1 aliphatic rings. The van der Waals surface area contributed by atoms with Crippen LogP contribution in [-0.2, 0) is 19.0 Å². The highest BCUT2D eigenvalue weighted by Crippen LogP contribution is 2.25. The Balaban J connectivity index is 2.12. The lowest BCUT2D eigenvalue weighted by Crippen LogP contribution is -2.33. The van der Waals surface area contributed by atoms with Gasteiger partial charge in [0.25, 0.3) is 0 Å². The van der Waals surface area contributed by atoms with Crippen molar-refractivity contribution in [2.24, 2.45) is 0 Å². The van der Waals surface area contributed by atoms with Crippen LogP contribution in [0.15, 0.2) is 23.9 Å². The van der Waals surface area contributed by atoms with Gasteiger partial charge in [-0.15, -0.1) is 0 Å². The van der Waals surface area contributed by atoms with Crippen LogP contribution in [-0.4, -0.2) is 64.5 Å². The number of ether oxygens (including phenoxy) is 3. The Bertz CT molecular complexity index is 517. The number of rotatable bonds is 17. The van der Waals surface area contributed by atoms with Crippen molar-refractivity contribution in [1.82, 2.24) is 0 Å². The van der Waals surface area contributed by atoms with Gasteiger partial charge in [-0.1, -0.05) is 51.9 Å². The molecule has 8 nitrogen and oxygen atoms in total. The third-order valence-electron chi connectivity index (χ3n) is 4.59. The number of hydrogen-bond donors (Lipinski definition) is 4. The van der Waals surface area contributed by atoms with Gasteiger partial charge in [0, 0.05) is 0 Å². The van der Waals surface area contributed by atoms with Crippen molar-refractivity contribution in [1.29, 1.82) is 0 Å². The summed E-state index contributed by atoms with van der Waals surface area (Å²) >= 11 is 0. The number of cyclic esters (lactones) is 1. The van der Waals surface area contributed by atoms with E-state index < -0.39 is 36.6 Å². The molecule has 3 atom stereocenters. The quantitative estimate of drug-likeness (QED) is 0.162. The molecular formula is C21H36O8. The molecule has 1 aliphatic heterocycles. The molecule has 0 fully saturated rings. The molecule has 0 saturated carbocycles. The molecule has 0 spiro atoms. The number of aliphatic hydroxyl groups is 4. The van der Waals surface area contributed by atoms with E-state index in [0.717, 1.165) is 12.8 Å². The largest absolute Gasteiger partial charge is 0.499 e. The zero-order chi connectivity index (χ0) is 21.5. The summed E-state index contributed by atoms with van der Waals surface area (Å²) in [5, 5.41) is 38.1. The van der Waals surface area contributed by atoms with Gasteiger partial charge in [0.2, 0.25) is 5.76 Å². The molecule has 0 aromatic rings. The first kappa shape index (κ1) is 25.3. The van der Waals surface area contributed by atoms with E-state index in [4.69, 9.17) is 19.3 Å². The zero-order valence-electron chi connectivity index (χ0n) is 17.3. The fourth-order valence-electron chi connectivity index (χ4n) is 2.89. The Morgan fingerprint density at radius 3 is 2.38 bits per heavy atom. The van der Waals surface area contributed by atoms with E-state index >= 15 is 0 Å². The minimum atomic E-state index is -1.42. The summed E-state index contributed by atoms with van der Waals surface area (Å²) in [4.78, 5) is 11.4. The molecule has 168 valence electrons. The van der Waals surface area contributed by atoms with Crippen molar-refractivity contribution >= 4 is 5.97 Å². The Labute approximate surface area is 172 Å². The monoisotopic (exact) mass is 416 g/mol. The lowest BCUT2D eigenvalue weighted by molar-refractivity contribution is -0.148. The predicted molar refractivity (Wildman–Crippen MR) is 107 cm³/mol. The summed E-state index contributed by atoms with van der Waals surface area (Å²) in [6.45, 7) is 1.25. The van der Waals surface area contributed by atoms with E-state index in [1.54, 1.807) is 6.26 Å². The van der Waals surface area contributed by atoms with E-state index in [1.165, 1.54) is 44.9 Å². The molecule has 0 aromatic heterocycles. The summed E-state index contributed by atoms with van der Waals surface area (Å²) in [6.07, 6.45) is 10.8. The number of carbonyl (C=O) groups is 1. The average molecular weight is 417 g/mol. The van der Waals surface area contributed by atoms with Crippen molar-refractivity contribution in [3.63, 3.8) is 0 Å². The second-order valence-corrected chi connectivity index (χ2v) is 7.22. The smallest absolute Gasteiger partial charge is 0.378 e. The van der Waals surface area contributed by atoms with Crippen LogP contribution in [0.25, 0.3) is 0 Å². The molecule has 0 aliphatic carbocycles. The van der Waals surface area contributed by atoms with Crippen molar-refractivity contribution in [2.45, 2.75) is 83.0 Å². The molecule has 4 N–H and O–H groups in total. The van der Waals surface area contributed by atoms with Gasteiger partial charge in [-0.05, 0) is 18.9 Å². The van der Waals surface area contributed by atoms with Crippen molar-refractivity contribution in [3.05, 3.63) is 23.9 Å². The van der Waals surface area contributed by atoms with E-state index in [1.807, 2.05) is 6.08 Å². The summed E-state index contributed by atoms with van der Waals surface area (Å²) in [6, 6.07) is 0. The maximum Gasteiger partial charge on any atom is 0.378 e. The molecular weight excluding hydrogens is 380 g/mol. The summed E-state index contributed by atoms with van der Waals surface area (Å²) < 4.78 is 15.2.